The molecule has 1 saturated heterocycles. The lowest BCUT2D eigenvalue weighted by atomic mass is 9.97. The number of hydrogen-bond acceptors (Lipinski definition) is 7. The van der Waals surface area contributed by atoms with Gasteiger partial charge in [0.2, 0.25) is 12.2 Å². The molecule has 0 radical (unpaired) electrons. The Morgan fingerprint density at radius 3 is 2.29 bits per heavy atom. The monoisotopic (exact) mass is 526 g/mol. The van der Waals surface area contributed by atoms with Crippen LogP contribution >= 0.6 is 34.8 Å². The minimum Gasteiger partial charge on any atom is -0.449 e. The number of ether oxygens (including phenoxy) is 4. The van der Waals surface area contributed by atoms with Gasteiger partial charge in [0.25, 0.3) is 3.79 Å². The van der Waals surface area contributed by atoms with Crippen LogP contribution in [0.4, 0.5) is 0 Å². The smallest absolute Gasteiger partial charge is 0.338 e. The first kappa shape index (κ1) is 26.1. The lowest BCUT2D eigenvalue weighted by molar-refractivity contribution is -0.253. The molecular formula is C22H21Cl3N4O5. The van der Waals surface area contributed by atoms with Gasteiger partial charge in [-0.3, -0.25) is 5.41 Å². The van der Waals surface area contributed by atoms with E-state index in [2.05, 4.69) is 10.0 Å². The predicted molar refractivity (Wildman–Crippen MR) is 127 cm³/mol. The Bertz CT molecular complexity index is 1030. The number of carbonyl (C=O) groups is 1. The number of nitrogens with zero attached hydrogens (tertiary/aromatic N) is 3. The standard InChI is InChI=1S/C22H21Cl3N4O5/c1-13-16(28-29-27)17(31-12-14-8-4-2-5-9-14)18(20(32-13)34-21(26)22(23,24)25)33-19(30)15-10-6-3-7-11-15/h2-11,13,16-18,20,26H,12H2,1H3/t13-,16-,17+,18+,20-/m1/s1. The van der Waals surface area contributed by atoms with Gasteiger partial charge in [-0.2, -0.15) is 0 Å². The zero-order valence-corrected chi connectivity index (χ0v) is 20.2. The lowest BCUT2D eigenvalue weighted by Gasteiger charge is -2.43. The molecule has 34 heavy (non-hydrogen) atoms. The first-order valence-electron chi connectivity index (χ1n) is 10.1. The largest absolute Gasteiger partial charge is 0.449 e. The second-order valence-electron chi connectivity index (χ2n) is 7.35. The molecule has 1 N–H and O–H groups in total. The first-order chi connectivity index (χ1) is 16.2. The molecular weight excluding hydrogens is 507 g/mol. The van der Waals surface area contributed by atoms with Crippen LogP contribution in [-0.4, -0.2) is 46.3 Å². The summed E-state index contributed by atoms with van der Waals surface area (Å²) in [6.07, 6.45) is -4.38. The van der Waals surface area contributed by atoms with Gasteiger partial charge >= 0.3 is 5.97 Å². The molecule has 1 aliphatic rings. The Kier molecular flexibility index (Phi) is 9.02. The van der Waals surface area contributed by atoms with Crippen molar-refractivity contribution in [3.63, 3.8) is 0 Å². The van der Waals surface area contributed by atoms with E-state index in [1.807, 2.05) is 30.3 Å². The quantitative estimate of drug-likeness (QED) is 0.0955. The van der Waals surface area contributed by atoms with Crippen molar-refractivity contribution in [3.05, 3.63) is 82.2 Å². The van der Waals surface area contributed by atoms with Crippen LogP contribution in [0.5, 0.6) is 0 Å². The number of carbonyl (C=O) groups excluding carboxylic acids is 1. The van der Waals surface area contributed by atoms with Crippen LogP contribution in [0.1, 0.15) is 22.8 Å². The summed E-state index contributed by atoms with van der Waals surface area (Å²) in [5, 5.41) is 11.8. The zero-order chi connectivity index (χ0) is 24.7. The van der Waals surface area contributed by atoms with E-state index in [1.165, 1.54) is 0 Å². The number of esters is 1. The van der Waals surface area contributed by atoms with Crippen molar-refractivity contribution in [3.8, 4) is 0 Å². The number of alkyl halides is 3. The third kappa shape index (κ3) is 6.76. The molecule has 5 atom stereocenters. The van der Waals surface area contributed by atoms with Crippen molar-refractivity contribution >= 4 is 46.7 Å². The average Bonchev–Trinajstić information content (AvgIpc) is 2.82. The van der Waals surface area contributed by atoms with Crippen LogP contribution in [0, 0.1) is 5.41 Å². The average molecular weight is 528 g/mol. The molecule has 180 valence electrons. The Balaban J connectivity index is 1.94. The highest BCUT2D eigenvalue weighted by Crippen LogP contribution is 2.34. The number of rotatable bonds is 7. The summed E-state index contributed by atoms with van der Waals surface area (Å²) in [6, 6.07) is 16.6. The summed E-state index contributed by atoms with van der Waals surface area (Å²) >= 11 is 17.3. The molecule has 9 nitrogen and oxygen atoms in total. The topological polar surface area (TPSA) is 127 Å². The summed E-state index contributed by atoms with van der Waals surface area (Å²) in [5.74, 6) is -1.44. The third-order valence-electron chi connectivity index (χ3n) is 4.97. The Morgan fingerprint density at radius 1 is 1.09 bits per heavy atom. The molecule has 0 aliphatic carbocycles. The van der Waals surface area contributed by atoms with E-state index in [0.717, 1.165) is 5.56 Å². The number of azide groups is 1. The summed E-state index contributed by atoms with van der Waals surface area (Å²) in [5.41, 5.74) is 10.2. The molecule has 3 rings (SSSR count). The van der Waals surface area contributed by atoms with E-state index in [0.29, 0.717) is 0 Å². The number of nitrogens with one attached hydrogen (secondary N) is 1. The minimum atomic E-state index is -2.18. The number of benzene rings is 2. The van der Waals surface area contributed by atoms with Crippen LogP contribution < -0.4 is 0 Å². The van der Waals surface area contributed by atoms with Crippen LogP contribution in [-0.2, 0) is 25.6 Å². The highest BCUT2D eigenvalue weighted by atomic mass is 35.6. The normalized spacial score (nSPS) is 24.5. The highest BCUT2D eigenvalue weighted by molar-refractivity contribution is 6.76. The molecule has 2 aromatic carbocycles. The third-order valence-corrected chi connectivity index (χ3v) is 5.49. The molecule has 2 aromatic rings. The van der Waals surface area contributed by atoms with Crippen molar-refractivity contribution < 1.29 is 23.7 Å². The van der Waals surface area contributed by atoms with Crippen LogP contribution in [0.15, 0.2) is 65.8 Å². The molecule has 12 heteroatoms. The fourth-order valence-electron chi connectivity index (χ4n) is 3.33. The van der Waals surface area contributed by atoms with Gasteiger partial charge in [-0.25, -0.2) is 4.79 Å². The maximum atomic E-state index is 12.9. The summed E-state index contributed by atoms with van der Waals surface area (Å²) in [6.45, 7) is 1.74. The fourth-order valence-corrected chi connectivity index (χ4v) is 3.47. The summed E-state index contributed by atoms with van der Waals surface area (Å²) in [4.78, 5) is 15.8. The fraction of sp³-hybridized carbons (Fsp3) is 0.364. The van der Waals surface area contributed by atoms with Gasteiger partial charge in [-0.15, -0.1) is 0 Å². The summed E-state index contributed by atoms with van der Waals surface area (Å²) < 4.78 is 20.9. The number of halogens is 3. The SMILES string of the molecule is C[C@H]1O[C@H](OC(=N)C(Cl)(Cl)Cl)[C@@H](OC(=O)c2ccccc2)[C@@H](OCc2ccccc2)[C@@H]1N=[N+]=[N-]. The second-order valence-corrected chi connectivity index (χ2v) is 9.63. The first-order valence-corrected chi connectivity index (χ1v) is 11.3. The van der Waals surface area contributed by atoms with Crippen LogP contribution in [0.25, 0.3) is 10.4 Å². The van der Waals surface area contributed by atoms with Crippen molar-refractivity contribution in [2.75, 3.05) is 0 Å². The van der Waals surface area contributed by atoms with E-state index in [1.54, 1.807) is 37.3 Å². The molecule has 0 bridgehead atoms. The van der Waals surface area contributed by atoms with E-state index in [-0.39, 0.29) is 12.2 Å². The van der Waals surface area contributed by atoms with Gasteiger partial charge in [0.15, 0.2) is 6.10 Å². The minimum absolute atomic E-state index is 0.115. The highest BCUT2D eigenvalue weighted by Gasteiger charge is 2.50. The zero-order valence-electron chi connectivity index (χ0n) is 17.9. The molecule has 0 spiro atoms. The van der Waals surface area contributed by atoms with Crippen LogP contribution in [0.3, 0.4) is 0 Å². The van der Waals surface area contributed by atoms with Crippen molar-refractivity contribution in [1.29, 1.82) is 5.41 Å². The van der Waals surface area contributed by atoms with Gasteiger partial charge in [0, 0.05) is 4.91 Å². The Hall–Kier alpha value is -2.52. The molecule has 0 amide bonds. The van der Waals surface area contributed by atoms with Gasteiger partial charge in [0.05, 0.1) is 24.3 Å². The van der Waals surface area contributed by atoms with E-state index in [9.17, 15) is 4.79 Å². The van der Waals surface area contributed by atoms with Gasteiger partial charge in [0.1, 0.15) is 6.10 Å². The van der Waals surface area contributed by atoms with E-state index < -0.39 is 46.3 Å². The maximum Gasteiger partial charge on any atom is 0.338 e. The molecule has 1 heterocycles. The molecule has 0 aromatic heterocycles. The lowest BCUT2D eigenvalue weighted by Crippen LogP contribution is -2.59. The van der Waals surface area contributed by atoms with Gasteiger partial charge in [-0.05, 0) is 30.2 Å². The van der Waals surface area contributed by atoms with Crippen molar-refractivity contribution in [2.45, 2.75) is 48.0 Å². The summed E-state index contributed by atoms with van der Waals surface area (Å²) in [7, 11) is 0. The molecule has 1 fully saturated rings. The van der Waals surface area contributed by atoms with E-state index >= 15 is 0 Å². The van der Waals surface area contributed by atoms with Crippen LogP contribution in [0.2, 0.25) is 0 Å². The molecule has 1 aliphatic heterocycles. The molecule has 0 unspecified atom stereocenters. The Morgan fingerprint density at radius 2 is 1.71 bits per heavy atom. The van der Waals surface area contributed by atoms with E-state index in [4.69, 9.17) is 64.7 Å². The maximum absolute atomic E-state index is 12.9. The Labute approximate surface area is 210 Å². The predicted octanol–water partition coefficient (Wildman–Crippen LogP) is 5.59. The molecule has 0 saturated carbocycles. The second kappa shape index (κ2) is 11.8. The van der Waals surface area contributed by atoms with Gasteiger partial charge < -0.3 is 18.9 Å². The van der Waals surface area contributed by atoms with Crippen molar-refractivity contribution in [1.82, 2.24) is 0 Å². The number of hydrogen-bond donors (Lipinski definition) is 1. The van der Waals surface area contributed by atoms with Gasteiger partial charge in [-0.1, -0.05) is 88.4 Å². The van der Waals surface area contributed by atoms with Crippen molar-refractivity contribution in [2.24, 2.45) is 5.11 Å².